The predicted molar refractivity (Wildman–Crippen MR) is 82.9 cm³/mol. The average molecular weight is 285 g/mol. The summed E-state index contributed by atoms with van der Waals surface area (Å²) in [5.74, 6) is 0.575. The number of hydrogen-bond donors (Lipinski definition) is 0. The Morgan fingerprint density at radius 3 is 2.81 bits per heavy atom. The van der Waals surface area contributed by atoms with Gasteiger partial charge >= 0.3 is 0 Å². The van der Waals surface area contributed by atoms with Crippen LogP contribution in [0.3, 0.4) is 0 Å². The van der Waals surface area contributed by atoms with Crippen molar-refractivity contribution in [2.75, 3.05) is 27.2 Å². The van der Waals surface area contributed by atoms with E-state index in [9.17, 15) is 4.79 Å². The number of hydrogen-bond acceptors (Lipinski definition) is 3. The molecule has 1 aromatic rings. The second-order valence-electron chi connectivity index (χ2n) is 5.98. The van der Waals surface area contributed by atoms with Crippen molar-refractivity contribution in [3.05, 3.63) is 35.4 Å². The lowest BCUT2D eigenvalue weighted by molar-refractivity contribution is 0.0781. The van der Waals surface area contributed by atoms with E-state index >= 15 is 0 Å². The summed E-state index contributed by atoms with van der Waals surface area (Å²) in [4.78, 5) is 16.8. The molecule has 0 bridgehead atoms. The zero-order valence-electron chi connectivity index (χ0n) is 13.0. The number of likely N-dealkylation sites (tertiary alicyclic amines) is 1. The van der Waals surface area contributed by atoms with Crippen LogP contribution in [0.1, 0.15) is 35.7 Å². The van der Waals surface area contributed by atoms with Gasteiger partial charge < -0.3 is 9.80 Å². The molecule has 0 aromatic heterocycles. The molecule has 0 N–H and O–H groups in total. The first kappa shape index (κ1) is 15.5. The number of amides is 1. The normalized spacial score (nSPS) is 21.6. The van der Waals surface area contributed by atoms with Crippen molar-refractivity contribution in [1.82, 2.24) is 9.80 Å². The minimum Gasteiger partial charge on any atom is -0.337 e. The molecule has 1 aliphatic heterocycles. The van der Waals surface area contributed by atoms with Gasteiger partial charge in [-0.3, -0.25) is 4.79 Å². The number of rotatable bonds is 4. The van der Waals surface area contributed by atoms with Crippen molar-refractivity contribution in [2.45, 2.75) is 25.8 Å². The van der Waals surface area contributed by atoms with Crippen LogP contribution in [0.2, 0.25) is 0 Å². The fourth-order valence-corrected chi connectivity index (χ4v) is 3.16. The molecule has 1 saturated heterocycles. The molecule has 1 aliphatic rings. The van der Waals surface area contributed by atoms with E-state index in [-0.39, 0.29) is 5.91 Å². The molecule has 1 heterocycles. The van der Waals surface area contributed by atoms with Gasteiger partial charge in [0, 0.05) is 24.7 Å². The summed E-state index contributed by atoms with van der Waals surface area (Å²) in [7, 11) is 4.16. The third-order valence-electron chi connectivity index (χ3n) is 4.26. The van der Waals surface area contributed by atoms with Crippen molar-refractivity contribution in [3.8, 4) is 6.07 Å². The maximum Gasteiger partial charge on any atom is 0.253 e. The largest absolute Gasteiger partial charge is 0.337 e. The SMILES string of the molecule is CCC[C@H]1CN(C(=O)c2cccc(C#N)c2)C[C@@H]1N(C)C. The Bertz CT molecular complexity index is 547. The van der Waals surface area contributed by atoms with Crippen molar-refractivity contribution in [3.63, 3.8) is 0 Å². The smallest absolute Gasteiger partial charge is 0.253 e. The van der Waals surface area contributed by atoms with Gasteiger partial charge in [0.2, 0.25) is 0 Å². The van der Waals surface area contributed by atoms with E-state index in [2.05, 4.69) is 32.0 Å². The second-order valence-corrected chi connectivity index (χ2v) is 5.98. The number of benzene rings is 1. The molecule has 0 radical (unpaired) electrons. The van der Waals surface area contributed by atoms with Crippen LogP contribution in [0.25, 0.3) is 0 Å². The van der Waals surface area contributed by atoms with Gasteiger partial charge in [0.15, 0.2) is 0 Å². The highest BCUT2D eigenvalue weighted by Gasteiger charge is 2.36. The zero-order valence-corrected chi connectivity index (χ0v) is 13.0. The molecular weight excluding hydrogens is 262 g/mol. The summed E-state index contributed by atoms with van der Waals surface area (Å²) >= 11 is 0. The molecule has 4 nitrogen and oxygen atoms in total. The van der Waals surface area contributed by atoms with Crippen LogP contribution in [0.15, 0.2) is 24.3 Å². The van der Waals surface area contributed by atoms with E-state index in [0.29, 0.717) is 23.1 Å². The molecule has 0 spiro atoms. The number of nitriles is 1. The molecule has 112 valence electrons. The standard InChI is InChI=1S/C17H23N3O/c1-4-6-15-11-20(12-16(15)19(2)3)17(21)14-8-5-7-13(9-14)10-18/h5,7-9,15-16H,4,6,11-12H2,1-3H3/t15-,16-/m0/s1. The van der Waals surface area contributed by atoms with Gasteiger partial charge in [0.05, 0.1) is 11.6 Å². The molecule has 0 unspecified atom stereocenters. The second kappa shape index (κ2) is 6.73. The fourth-order valence-electron chi connectivity index (χ4n) is 3.16. The van der Waals surface area contributed by atoms with Gasteiger partial charge in [0.25, 0.3) is 5.91 Å². The Balaban J connectivity index is 2.15. The Morgan fingerprint density at radius 1 is 1.43 bits per heavy atom. The summed E-state index contributed by atoms with van der Waals surface area (Å²) in [6.07, 6.45) is 2.28. The Hall–Kier alpha value is -1.86. The van der Waals surface area contributed by atoms with Crippen LogP contribution < -0.4 is 0 Å². The maximum atomic E-state index is 12.6. The molecule has 2 rings (SSSR count). The molecule has 1 amide bonds. The molecule has 0 aliphatic carbocycles. The third kappa shape index (κ3) is 3.43. The van der Waals surface area contributed by atoms with E-state index in [4.69, 9.17) is 5.26 Å². The lowest BCUT2D eigenvalue weighted by Gasteiger charge is -2.24. The van der Waals surface area contributed by atoms with Crippen LogP contribution in [0.5, 0.6) is 0 Å². The van der Waals surface area contributed by atoms with Crippen molar-refractivity contribution in [1.29, 1.82) is 5.26 Å². The van der Waals surface area contributed by atoms with E-state index in [1.165, 1.54) is 0 Å². The van der Waals surface area contributed by atoms with Gasteiger partial charge in [-0.15, -0.1) is 0 Å². The third-order valence-corrected chi connectivity index (χ3v) is 4.26. The molecule has 2 atom stereocenters. The summed E-state index contributed by atoms with van der Waals surface area (Å²) < 4.78 is 0. The van der Waals surface area contributed by atoms with Crippen LogP contribution in [0.4, 0.5) is 0 Å². The van der Waals surface area contributed by atoms with E-state index in [1.54, 1.807) is 24.3 Å². The van der Waals surface area contributed by atoms with Crippen LogP contribution in [-0.2, 0) is 0 Å². The molecule has 1 aromatic carbocycles. The van der Waals surface area contributed by atoms with Crippen molar-refractivity contribution < 1.29 is 4.79 Å². The topological polar surface area (TPSA) is 47.3 Å². The Kier molecular flexibility index (Phi) is 4.98. The van der Waals surface area contributed by atoms with E-state index in [0.717, 1.165) is 25.9 Å². The lowest BCUT2D eigenvalue weighted by atomic mass is 9.98. The molecule has 1 fully saturated rings. The Morgan fingerprint density at radius 2 is 2.19 bits per heavy atom. The van der Waals surface area contributed by atoms with Gasteiger partial charge in [-0.2, -0.15) is 5.26 Å². The first-order chi connectivity index (χ1) is 10.1. The van der Waals surface area contributed by atoms with E-state index in [1.807, 2.05) is 4.90 Å². The Labute approximate surface area is 127 Å². The van der Waals surface area contributed by atoms with Crippen molar-refractivity contribution in [2.24, 2.45) is 5.92 Å². The minimum absolute atomic E-state index is 0.0394. The van der Waals surface area contributed by atoms with Gasteiger partial charge in [-0.25, -0.2) is 0 Å². The molecule has 0 saturated carbocycles. The van der Waals surface area contributed by atoms with Crippen LogP contribution in [-0.4, -0.2) is 48.9 Å². The quantitative estimate of drug-likeness (QED) is 0.853. The average Bonchev–Trinajstić information content (AvgIpc) is 2.91. The highest BCUT2D eigenvalue weighted by atomic mass is 16.2. The number of carbonyl (C=O) groups is 1. The maximum absolute atomic E-state index is 12.6. The highest BCUT2D eigenvalue weighted by Crippen LogP contribution is 2.26. The lowest BCUT2D eigenvalue weighted by Crippen LogP contribution is -2.36. The number of likely N-dealkylation sites (N-methyl/N-ethyl adjacent to an activating group) is 1. The highest BCUT2D eigenvalue weighted by molar-refractivity contribution is 5.94. The number of carbonyl (C=O) groups excluding carboxylic acids is 1. The molecule has 4 heteroatoms. The first-order valence-corrected chi connectivity index (χ1v) is 7.52. The van der Waals surface area contributed by atoms with Crippen LogP contribution in [0, 0.1) is 17.2 Å². The molecule has 21 heavy (non-hydrogen) atoms. The van der Waals surface area contributed by atoms with Gasteiger partial charge in [-0.05, 0) is 44.6 Å². The summed E-state index contributed by atoms with van der Waals surface area (Å²) in [6.45, 7) is 3.77. The summed E-state index contributed by atoms with van der Waals surface area (Å²) in [6, 6.07) is 9.49. The zero-order chi connectivity index (χ0) is 15.4. The van der Waals surface area contributed by atoms with Crippen LogP contribution >= 0.6 is 0 Å². The first-order valence-electron chi connectivity index (χ1n) is 7.52. The van der Waals surface area contributed by atoms with Crippen molar-refractivity contribution >= 4 is 5.91 Å². The number of nitrogens with zero attached hydrogens (tertiary/aromatic N) is 3. The monoisotopic (exact) mass is 285 g/mol. The fraction of sp³-hybridized carbons (Fsp3) is 0.529. The molecular formula is C17H23N3O. The van der Waals surface area contributed by atoms with E-state index < -0.39 is 0 Å². The minimum atomic E-state index is 0.0394. The predicted octanol–water partition coefficient (Wildman–Crippen LogP) is 2.36. The summed E-state index contributed by atoms with van der Waals surface area (Å²) in [5.41, 5.74) is 1.15. The summed E-state index contributed by atoms with van der Waals surface area (Å²) in [5, 5.41) is 8.95. The van der Waals surface area contributed by atoms with Gasteiger partial charge in [-0.1, -0.05) is 19.4 Å². The van der Waals surface area contributed by atoms with Gasteiger partial charge in [0.1, 0.15) is 0 Å².